The first-order valence-corrected chi connectivity index (χ1v) is 12.7. The van der Waals surface area contributed by atoms with Gasteiger partial charge in [-0.25, -0.2) is 0 Å². The van der Waals surface area contributed by atoms with Crippen molar-refractivity contribution in [1.29, 1.82) is 0 Å². The Balaban J connectivity index is 1.91. The predicted molar refractivity (Wildman–Crippen MR) is 123 cm³/mol. The molecular formula is C25H32O5Si. The van der Waals surface area contributed by atoms with Crippen molar-refractivity contribution in [3.63, 3.8) is 0 Å². The molecular weight excluding hydrogens is 408 g/mol. The third-order valence-electron chi connectivity index (χ3n) is 5.94. The van der Waals surface area contributed by atoms with E-state index in [9.17, 15) is 9.59 Å². The van der Waals surface area contributed by atoms with Gasteiger partial charge in [-0.1, -0.05) is 81.4 Å². The summed E-state index contributed by atoms with van der Waals surface area (Å²) in [5, 5.41) is 2.21. The number of esters is 2. The molecule has 31 heavy (non-hydrogen) atoms. The highest BCUT2D eigenvalue weighted by molar-refractivity contribution is 6.99. The third-order valence-corrected chi connectivity index (χ3v) is 10.9. The van der Waals surface area contributed by atoms with Crippen molar-refractivity contribution in [3.8, 4) is 0 Å². The molecule has 0 aliphatic carbocycles. The molecule has 1 saturated heterocycles. The van der Waals surface area contributed by atoms with Crippen molar-refractivity contribution < 1.29 is 23.5 Å². The summed E-state index contributed by atoms with van der Waals surface area (Å²) < 4.78 is 17.3. The summed E-state index contributed by atoms with van der Waals surface area (Å²) in [5.41, 5.74) is 0. The Labute approximate surface area is 185 Å². The van der Waals surface area contributed by atoms with Crippen LogP contribution in [0.5, 0.6) is 0 Å². The van der Waals surface area contributed by atoms with E-state index in [0.717, 1.165) is 0 Å². The summed E-state index contributed by atoms with van der Waals surface area (Å²) in [6.07, 6.45) is 0.683. The Morgan fingerprint density at radius 1 is 1.03 bits per heavy atom. The van der Waals surface area contributed by atoms with E-state index in [-0.39, 0.29) is 41.8 Å². The number of ether oxygens (including phenoxy) is 2. The number of rotatable bonds is 7. The molecule has 3 rings (SSSR count). The highest BCUT2D eigenvalue weighted by Gasteiger charge is 2.50. The molecule has 0 bridgehead atoms. The van der Waals surface area contributed by atoms with Crippen molar-refractivity contribution >= 4 is 30.6 Å². The zero-order valence-electron chi connectivity index (χ0n) is 18.8. The Morgan fingerprint density at radius 3 is 2.06 bits per heavy atom. The SMILES string of the molecule is COC(=O)C[C@@H]1CC(=O)O[C@@H](CO[Si](c2ccccc2)(c2ccccc2)C(C)(C)C)C1. The quantitative estimate of drug-likeness (QED) is 0.488. The maximum atomic E-state index is 12.2. The van der Waals surface area contributed by atoms with Gasteiger partial charge in [0.15, 0.2) is 0 Å². The molecule has 0 radical (unpaired) electrons. The van der Waals surface area contributed by atoms with Crippen molar-refractivity contribution in [2.45, 2.75) is 51.2 Å². The summed E-state index contributed by atoms with van der Waals surface area (Å²) in [6.45, 7) is 6.95. The minimum Gasteiger partial charge on any atom is -0.469 e. The molecule has 1 heterocycles. The van der Waals surface area contributed by atoms with Crippen LogP contribution in [0.4, 0.5) is 0 Å². The highest BCUT2D eigenvalue weighted by Crippen LogP contribution is 2.37. The normalized spacial score (nSPS) is 19.5. The lowest BCUT2D eigenvalue weighted by Crippen LogP contribution is -2.67. The van der Waals surface area contributed by atoms with E-state index in [1.807, 2.05) is 36.4 Å². The average Bonchev–Trinajstić information content (AvgIpc) is 2.74. The molecule has 1 aliphatic heterocycles. The maximum absolute atomic E-state index is 12.2. The van der Waals surface area contributed by atoms with Crippen molar-refractivity contribution in [2.24, 2.45) is 5.92 Å². The Morgan fingerprint density at radius 2 is 1.58 bits per heavy atom. The van der Waals surface area contributed by atoms with E-state index in [1.54, 1.807) is 0 Å². The molecule has 0 saturated carbocycles. The number of cyclic esters (lactones) is 1. The summed E-state index contributed by atoms with van der Waals surface area (Å²) in [4.78, 5) is 23.9. The number of carbonyl (C=O) groups is 2. The largest absolute Gasteiger partial charge is 0.469 e. The second-order valence-electron chi connectivity index (χ2n) is 9.17. The van der Waals surface area contributed by atoms with Crippen LogP contribution in [0.25, 0.3) is 0 Å². The summed E-state index contributed by atoms with van der Waals surface area (Å²) in [5.74, 6) is -0.663. The molecule has 2 aromatic rings. The van der Waals surface area contributed by atoms with E-state index in [4.69, 9.17) is 13.9 Å². The van der Waals surface area contributed by atoms with Crippen molar-refractivity contribution in [2.75, 3.05) is 13.7 Å². The van der Waals surface area contributed by atoms with Gasteiger partial charge in [0.1, 0.15) is 6.10 Å². The van der Waals surface area contributed by atoms with Crippen molar-refractivity contribution in [3.05, 3.63) is 60.7 Å². The van der Waals surface area contributed by atoms with Crippen LogP contribution in [0.1, 0.15) is 40.0 Å². The number of hydrogen-bond acceptors (Lipinski definition) is 5. The number of hydrogen-bond donors (Lipinski definition) is 0. The first-order valence-electron chi connectivity index (χ1n) is 10.8. The van der Waals surface area contributed by atoms with Gasteiger partial charge in [-0.3, -0.25) is 9.59 Å². The molecule has 0 spiro atoms. The lowest BCUT2D eigenvalue weighted by molar-refractivity contribution is -0.160. The van der Waals surface area contributed by atoms with Gasteiger partial charge in [-0.2, -0.15) is 0 Å². The fourth-order valence-corrected chi connectivity index (χ4v) is 9.12. The summed E-state index contributed by atoms with van der Waals surface area (Å²) >= 11 is 0. The van der Waals surface area contributed by atoms with Crippen LogP contribution >= 0.6 is 0 Å². The molecule has 0 amide bonds. The Bertz CT molecular complexity index is 836. The number of carbonyl (C=O) groups excluding carboxylic acids is 2. The molecule has 166 valence electrons. The fourth-order valence-electron chi connectivity index (χ4n) is 4.53. The Kier molecular flexibility index (Phi) is 7.33. The molecule has 1 aliphatic rings. The molecule has 1 fully saturated rings. The molecule has 0 N–H and O–H groups in total. The highest BCUT2D eigenvalue weighted by atomic mass is 28.4. The lowest BCUT2D eigenvalue weighted by Gasteiger charge is -2.44. The minimum atomic E-state index is -2.70. The van der Waals surface area contributed by atoms with Gasteiger partial charge in [-0.15, -0.1) is 0 Å². The minimum absolute atomic E-state index is 0.0820. The number of methoxy groups -OCH3 is 1. The maximum Gasteiger partial charge on any atom is 0.306 e. The van der Waals surface area contributed by atoms with E-state index in [0.29, 0.717) is 13.0 Å². The zero-order chi connectivity index (χ0) is 22.5. The topological polar surface area (TPSA) is 61.8 Å². The lowest BCUT2D eigenvalue weighted by atomic mass is 9.92. The van der Waals surface area contributed by atoms with Crippen LogP contribution in [-0.4, -0.2) is 40.1 Å². The van der Waals surface area contributed by atoms with Gasteiger partial charge in [0, 0.05) is 12.8 Å². The second kappa shape index (κ2) is 9.79. The molecule has 2 atom stereocenters. The van der Waals surface area contributed by atoms with Gasteiger partial charge >= 0.3 is 11.9 Å². The van der Waals surface area contributed by atoms with Crippen molar-refractivity contribution in [1.82, 2.24) is 0 Å². The van der Waals surface area contributed by atoms with E-state index >= 15 is 0 Å². The van der Waals surface area contributed by atoms with E-state index < -0.39 is 8.32 Å². The third kappa shape index (κ3) is 5.25. The fraction of sp³-hybridized carbons (Fsp3) is 0.440. The first-order chi connectivity index (χ1) is 14.8. The zero-order valence-corrected chi connectivity index (χ0v) is 19.8. The van der Waals surface area contributed by atoms with Gasteiger partial charge in [-0.05, 0) is 27.8 Å². The second-order valence-corrected chi connectivity index (χ2v) is 13.5. The van der Waals surface area contributed by atoms with E-state index in [2.05, 4.69) is 45.0 Å². The Hall–Kier alpha value is -2.44. The van der Waals surface area contributed by atoms with Crippen LogP contribution in [0.3, 0.4) is 0 Å². The van der Waals surface area contributed by atoms with Crippen LogP contribution in [0, 0.1) is 5.92 Å². The van der Waals surface area contributed by atoms with Gasteiger partial charge < -0.3 is 13.9 Å². The van der Waals surface area contributed by atoms with Gasteiger partial charge in [0.05, 0.1) is 13.7 Å². The molecule has 2 aromatic carbocycles. The monoisotopic (exact) mass is 440 g/mol. The van der Waals surface area contributed by atoms with Crippen LogP contribution in [0.15, 0.2) is 60.7 Å². The standard InChI is InChI=1S/C25H32O5Si/c1-25(2,3)31(21-11-7-5-8-12-21,22-13-9-6-10-14-22)29-18-20-15-19(16-23(26)28-4)17-24(27)30-20/h5-14,19-20H,15-18H2,1-4H3/t19-,20-/m1/s1. The van der Waals surface area contributed by atoms with Crippen LogP contribution in [0.2, 0.25) is 5.04 Å². The predicted octanol–water partition coefficient (Wildman–Crippen LogP) is 3.45. The molecule has 6 heteroatoms. The van der Waals surface area contributed by atoms with Crippen LogP contribution in [-0.2, 0) is 23.5 Å². The van der Waals surface area contributed by atoms with Crippen LogP contribution < -0.4 is 10.4 Å². The molecule has 5 nitrogen and oxygen atoms in total. The smallest absolute Gasteiger partial charge is 0.306 e. The molecule has 0 aromatic heterocycles. The number of benzene rings is 2. The van der Waals surface area contributed by atoms with E-state index in [1.165, 1.54) is 17.5 Å². The summed E-state index contributed by atoms with van der Waals surface area (Å²) in [7, 11) is -1.33. The van der Waals surface area contributed by atoms with Gasteiger partial charge in [0.25, 0.3) is 8.32 Å². The molecule has 0 unspecified atom stereocenters. The van der Waals surface area contributed by atoms with Gasteiger partial charge in [0.2, 0.25) is 0 Å². The first kappa shape index (κ1) is 23.2. The average molecular weight is 441 g/mol. The summed E-state index contributed by atoms with van der Waals surface area (Å²) in [6, 6.07) is 20.7.